The number of aryl methyl sites for hydroxylation is 3. The Morgan fingerprint density at radius 3 is 2.59 bits per heavy atom. The Bertz CT molecular complexity index is 1300. The van der Waals surface area contributed by atoms with E-state index in [9.17, 15) is 23.2 Å². The molecule has 3 aromatic rings. The first-order chi connectivity index (χ1) is 16.0. The second-order valence-corrected chi connectivity index (χ2v) is 7.81. The number of halogens is 2. The number of rotatable bonds is 8. The van der Waals surface area contributed by atoms with E-state index in [0.717, 1.165) is 17.2 Å². The number of hydrogen-bond acceptors (Lipinski definition) is 7. The third kappa shape index (κ3) is 5.45. The van der Waals surface area contributed by atoms with E-state index < -0.39 is 35.3 Å². The van der Waals surface area contributed by atoms with Crippen molar-refractivity contribution in [3.05, 3.63) is 85.1 Å². The van der Waals surface area contributed by atoms with Crippen molar-refractivity contribution in [2.45, 2.75) is 39.7 Å². The minimum absolute atomic E-state index is 0.0328. The number of anilines is 1. The van der Waals surface area contributed by atoms with Gasteiger partial charge in [-0.1, -0.05) is 6.07 Å². The summed E-state index contributed by atoms with van der Waals surface area (Å²) in [6.07, 6.45) is 0.856. The molecule has 1 amide bonds. The third-order valence-electron chi connectivity index (χ3n) is 5.28. The fraction of sp³-hybridized carbons (Fsp3) is 0.318. The number of carbonyl (C=O) groups excluding carboxylic acids is 1. The molecule has 0 atom stereocenters. The quantitative estimate of drug-likeness (QED) is 0.382. The van der Waals surface area contributed by atoms with Crippen LogP contribution in [0.2, 0.25) is 0 Å². The zero-order valence-electron chi connectivity index (χ0n) is 18.9. The van der Waals surface area contributed by atoms with Gasteiger partial charge in [0.1, 0.15) is 18.1 Å². The zero-order chi connectivity index (χ0) is 25.0. The van der Waals surface area contributed by atoms with E-state index in [2.05, 4.69) is 25.7 Å². The lowest BCUT2D eigenvalue weighted by atomic mass is 10.1. The highest BCUT2D eigenvalue weighted by molar-refractivity contribution is 5.78. The highest BCUT2D eigenvalue weighted by Gasteiger charge is 2.33. The molecule has 0 aliphatic rings. The molecule has 10 nitrogen and oxygen atoms in total. The number of nitrogen functional groups attached to an aromatic ring is 1. The number of hydrogen-bond donors (Lipinski definition) is 4. The molecule has 0 aromatic carbocycles. The molecule has 0 spiro atoms. The largest absolute Gasteiger partial charge is 0.384 e. The van der Waals surface area contributed by atoms with E-state index in [0.29, 0.717) is 16.2 Å². The third-order valence-corrected chi connectivity index (χ3v) is 5.28. The van der Waals surface area contributed by atoms with Crippen molar-refractivity contribution in [3.63, 3.8) is 0 Å². The van der Waals surface area contributed by atoms with Gasteiger partial charge in [0.05, 0.1) is 6.42 Å². The summed E-state index contributed by atoms with van der Waals surface area (Å²) in [6.45, 7) is 4.17. The van der Waals surface area contributed by atoms with Crippen LogP contribution in [0.4, 0.5) is 14.6 Å². The number of amides is 1. The molecule has 0 bridgehead atoms. The van der Waals surface area contributed by atoms with Crippen LogP contribution < -0.4 is 27.7 Å². The van der Waals surface area contributed by atoms with Gasteiger partial charge in [-0.05, 0) is 50.1 Å². The number of nitrogens with zero attached hydrogens (tertiary/aromatic N) is 3. The van der Waals surface area contributed by atoms with E-state index in [4.69, 9.17) is 5.73 Å². The van der Waals surface area contributed by atoms with Crippen molar-refractivity contribution in [2.24, 2.45) is 0 Å². The van der Waals surface area contributed by atoms with Gasteiger partial charge in [0.25, 0.3) is 5.56 Å². The summed E-state index contributed by atoms with van der Waals surface area (Å²) in [4.78, 5) is 47.8. The van der Waals surface area contributed by atoms with Crippen molar-refractivity contribution in [1.29, 1.82) is 0 Å². The lowest BCUT2D eigenvalue weighted by Gasteiger charge is -2.18. The molecule has 180 valence electrons. The summed E-state index contributed by atoms with van der Waals surface area (Å²) in [5.74, 6) is -3.57. The SMILES string of the molecule is Cc1cc(N)nc(C)c1CNC(=O)Cc1c(C)[nH]c(=O)n(NCC(F)(F)c2ccccn2)c1=O. The van der Waals surface area contributed by atoms with Crippen LogP contribution in [0.1, 0.15) is 33.8 Å². The molecule has 0 aliphatic carbocycles. The second-order valence-electron chi connectivity index (χ2n) is 7.81. The van der Waals surface area contributed by atoms with Crippen molar-refractivity contribution in [2.75, 3.05) is 17.7 Å². The van der Waals surface area contributed by atoms with E-state index in [-0.39, 0.29) is 24.2 Å². The first-order valence-electron chi connectivity index (χ1n) is 10.4. The standard InChI is InChI=1S/C22H25F2N7O3/c1-12-8-18(25)29-14(3)16(12)10-27-19(32)9-15-13(2)30-21(34)31(20(15)33)28-11-22(23,24)17-6-4-5-7-26-17/h4-8,28H,9-11H2,1-3H3,(H2,25,29)(H,27,32)(H,30,34). The highest BCUT2D eigenvalue weighted by Crippen LogP contribution is 2.24. The Hall–Kier alpha value is -4.09. The van der Waals surface area contributed by atoms with Crippen LogP contribution in [0.25, 0.3) is 0 Å². The molecule has 0 radical (unpaired) electrons. The van der Waals surface area contributed by atoms with E-state index >= 15 is 0 Å². The Morgan fingerprint density at radius 1 is 1.21 bits per heavy atom. The monoisotopic (exact) mass is 473 g/mol. The summed E-state index contributed by atoms with van der Waals surface area (Å²) in [7, 11) is 0. The maximum atomic E-state index is 14.4. The molecule has 3 rings (SSSR count). The van der Waals surface area contributed by atoms with Gasteiger partial charge in [0.15, 0.2) is 0 Å². The van der Waals surface area contributed by atoms with Crippen LogP contribution in [0.15, 0.2) is 40.1 Å². The lowest BCUT2D eigenvalue weighted by molar-refractivity contribution is -0.120. The van der Waals surface area contributed by atoms with Gasteiger partial charge in [-0.25, -0.2) is 9.78 Å². The molecule has 5 N–H and O–H groups in total. The van der Waals surface area contributed by atoms with Crippen LogP contribution >= 0.6 is 0 Å². The van der Waals surface area contributed by atoms with Gasteiger partial charge in [-0.15, -0.1) is 0 Å². The average Bonchev–Trinajstić information content (AvgIpc) is 2.76. The number of H-pyrrole nitrogens is 1. The number of nitrogens with two attached hydrogens (primary N) is 1. The van der Waals surface area contributed by atoms with Gasteiger partial charge >= 0.3 is 11.6 Å². The van der Waals surface area contributed by atoms with Crippen LogP contribution in [0.3, 0.4) is 0 Å². The molecule has 34 heavy (non-hydrogen) atoms. The summed E-state index contributed by atoms with van der Waals surface area (Å²) >= 11 is 0. The molecular formula is C22H25F2N7O3. The summed E-state index contributed by atoms with van der Waals surface area (Å²) in [5, 5.41) is 2.71. The predicted octanol–water partition coefficient (Wildman–Crippen LogP) is 1.03. The lowest BCUT2D eigenvalue weighted by Crippen LogP contribution is -2.47. The molecule has 0 saturated carbocycles. The second kappa shape index (κ2) is 9.81. The van der Waals surface area contributed by atoms with Crippen molar-refractivity contribution >= 4 is 11.7 Å². The smallest absolute Gasteiger partial charge is 0.347 e. The van der Waals surface area contributed by atoms with Crippen molar-refractivity contribution in [1.82, 2.24) is 24.9 Å². The predicted molar refractivity (Wildman–Crippen MR) is 122 cm³/mol. The van der Waals surface area contributed by atoms with Crippen LogP contribution in [-0.4, -0.2) is 32.1 Å². The Morgan fingerprint density at radius 2 is 1.94 bits per heavy atom. The van der Waals surface area contributed by atoms with Crippen molar-refractivity contribution < 1.29 is 13.6 Å². The number of nitrogens with one attached hydrogen (secondary N) is 3. The molecule has 0 saturated heterocycles. The minimum Gasteiger partial charge on any atom is -0.384 e. The first-order valence-corrected chi connectivity index (χ1v) is 10.4. The fourth-order valence-electron chi connectivity index (χ4n) is 3.44. The highest BCUT2D eigenvalue weighted by atomic mass is 19.3. The molecule has 0 aliphatic heterocycles. The van der Waals surface area contributed by atoms with Gasteiger partial charge in [-0.3, -0.25) is 14.6 Å². The maximum absolute atomic E-state index is 14.4. The Balaban J connectivity index is 1.75. The first kappa shape index (κ1) is 24.6. The molecule has 12 heteroatoms. The van der Waals surface area contributed by atoms with Crippen molar-refractivity contribution in [3.8, 4) is 0 Å². The minimum atomic E-state index is -3.45. The molecular weight excluding hydrogens is 448 g/mol. The van der Waals surface area contributed by atoms with Crippen LogP contribution in [-0.2, 0) is 23.7 Å². The summed E-state index contributed by atoms with van der Waals surface area (Å²) in [6, 6.07) is 5.72. The van der Waals surface area contributed by atoms with Gasteiger partial charge in [0, 0.05) is 29.7 Å². The average molecular weight is 473 g/mol. The number of aromatic nitrogens is 4. The molecule has 3 aromatic heterocycles. The normalized spacial score (nSPS) is 11.3. The van der Waals surface area contributed by atoms with Crippen LogP contribution in [0, 0.1) is 20.8 Å². The van der Waals surface area contributed by atoms with Gasteiger partial charge in [0.2, 0.25) is 5.91 Å². The van der Waals surface area contributed by atoms with Gasteiger partial charge in [-0.2, -0.15) is 13.5 Å². The summed E-state index contributed by atoms with van der Waals surface area (Å²) < 4.78 is 29.3. The van der Waals surface area contributed by atoms with Crippen LogP contribution in [0.5, 0.6) is 0 Å². The van der Waals surface area contributed by atoms with Gasteiger partial charge < -0.3 is 21.5 Å². The Labute approximate surface area is 193 Å². The molecule has 0 unspecified atom stereocenters. The maximum Gasteiger partial charge on any atom is 0.347 e. The fourth-order valence-corrected chi connectivity index (χ4v) is 3.44. The van der Waals surface area contributed by atoms with E-state index in [1.807, 2.05) is 6.92 Å². The number of carbonyl (C=O) groups is 1. The molecule has 3 heterocycles. The molecule has 0 fully saturated rings. The summed E-state index contributed by atoms with van der Waals surface area (Å²) in [5.41, 5.74) is 7.97. The topological polar surface area (TPSA) is 148 Å². The number of alkyl halides is 2. The number of aromatic amines is 1. The Kier molecular flexibility index (Phi) is 7.08. The number of pyridine rings is 2. The van der Waals surface area contributed by atoms with E-state index in [1.54, 1.807) is 13.0 Å². The zero-order valence-corrected chi connectivity index (χ0v) is 18.9. The van der Waals surface area contributed by atoms with E-state index in [1.165, 1.54) is 25.3 Å².